The van der Waals surface area contributed by atoms with Crippen molar-refractivity contribution in [3.63, 3.8) is 0 Å². The topological polar surface area (TPSA) is 91.4 Å². The van der Waals surface area contributed by atoms with Crippen LogP contribution in [0.2, 0.25) is 0 Å². The molecule has 2 amide bonds. The molecule has 0 N–H and O–H groups in total. The van der Waals surface area contributed by atoms with E-state index < -0.39 is 5.97 Å². The monoisotopic (exact) mass is 391 g/mol. The lowest BCUT2D eigenvalue weighted by atomic mass is 10.1. The third kappa shape index (κ3) is 6.26. The highest BCUT2D eigenvalue weighted by Gasteiger charge is 2.34. The summed E-state index contributed by atoms with van der Waals surface area (Å²) in [6.07, 6.45) is 0. The molecule has 0 atom stereocenters. The van der Waals surface area contributed by atoms with Gasteiger partial charge in [-0.25, -0.2) is 4.79 Å². The summed E-state index contributed by atoms with van der Waals surface area (Å²) in [4.78, 5) is 36.7. The second-order valence-electron chi connectivity index (χ2n) is 6.06. The number of ether oxygens (including phenoxy) is 4. The van der Waals surface area contributed by atoms with Gasteiger partial charge in [0.2, 0.25) is 0 Å². The van der Waals surface area contributed by atoms with Gasteiger partial charge >= 0.3 is 5.97 Å². The lowest BCUT2D eigenvalue weighted by Gasteiger charge is -2.13. The maximum Gasteiger partial charge on any atom is 0.333 e. The molecule has 0 unspecified atom stereocenters. The predicted octanol–water partition coefficient (Wildman–Crippen LogP) is 1.45. The number of carbonyl (C=O) groups excluding carboxylic acids is 3. The Balaban J connectivity index is 1.45. The van der Waals surface area contributed by atoms with Crippen molar-refractivity contribution in [1.82, 2.24) is 4.90 Å². The predicted molar refractivity (Wildman–Crippen MR) is 100 cm³/mol. The standard InChI is InChI=1S/C20H25NO7/c1-15(2)20(24)28-14-13-27-12-11-26-10-9-25-8-7-21-18(22)16-5-3-4-6-17(16)19(21)23/h3-6H,1,7-14H2,2H3. The van der Waals surface area contributed by atoms with Crippen LogP contribution in [0.5, 0.6) is 0 Å². The first kappa shape index (κ1) is 21.7. The van der Waals surface area contributed by atoms with E-state index in [4.69, 9.17) is 18.9 Å². The summed E-state index contributed by atoms with van der Waals surface area (Å²) >= 11 is 0. The molecule has 1 aromatic carbocycles. The summed E-state index contributed by atoms with van der Waals surface area (Å²) in [7, 11) is 0. The Kier molecular flexibility index (Phi) is 8.80. The fraction of sp³-hybridized carbons (Fsp3) is 0.450. The second-order valence-corrected chi connectivity index (χ2v) is 6.06. The van der Waals surface area contributed by atoms with E-state index in [2.05, 4.69) is 6.58 Å². The van der Waals surface area contributed by atoms with Crippen LogP contribution < -0.4 is 0 Å². The molecule has 8 heteroatoms. The van der Waals surface area contributed by atoms with Gasteiger partial charge in [0, 0.05) is 5.57 Å². The van der Waals surface area contributed by atoms with Gasteiger partial charge in [-0.05, 0) is 19.1 Å². The zero-order valence-electron chi connectivity index (χ0n) is 16.0. The first-order chi connectivity index (χ1) is 13.5. The van der Waals surface area contributed by atoms with Gasteiger partial charge in [0.25, 0.3) is 11.8 Å². The van der Waals surface area contributed by atoms with Crippen LogP contribution >= 0.6 is 0 Å². The number of esters is 1. The van der Waals surface area contributed by atoms with E-state index in [-0.39, 0.29) is 31.6 Å². The minimum atomic E-state index is -0.432. The maximum atomic E-state index is 12.2. The fourth-order valence-electron chi connectivity index (χ4n) is 2.46. The SMILES string of the molecule is C=C(C)C(=O)OCCOCCOCCOCCN1C(=O)c2ccccc2C1=O. The van der Waals surface area contributed by atoms with Gasteiger partial charge in [-0.1, -0.05) is 18.7 Å². The summed E-state index contributed by atoms with van der Waals surface area (Å²) in [6, 6.07) is 6.77. The third-order valence-corrected chi connectivity index (χ3v) is 3.89. The van der Waals surface area contributed by atoms with Crippen LogP contribution in [0.25, 0.3) is 0 Å². The second kappa shape index (κ2) is 11.3. The highest BCUT2D eigenvalue weighted by Crippen LogP contribution is 2.21. The Morgan fingerprint density at radius 3 is 1.82 bits per heavy atom. The number of carbonyl (C=O) groups is 3. The molecule has 0 radical (unpaired) electrons. The lowest BCUT2D eigenvalue weighted by molar-refractivity contribution is -0.140. The van der Waals surface area contributed by atoms with Gasteiger partial charge < -0.3 is 18.9 Å². The molecule has 1 aliphatic rings. The van der Waals surface area contributed by atoms with Crippen LogP contribution in [0, 0.1) is 0 Å². The number of imide groups is 1. The van der Waals surface area contributed by atoms with Crippen LogP contribution in [0.15, 0.2) is 36.4 Å². The Bertz CT molecular complexity index is 681. The van der Waals surface area contributed by atoms with E-state index >= 15 is 0 Å². The van der Waals surface area contributed by atoms with Gasteiger partial charge in [0.1, 0.15) is 6.61 Å². The molecule has 0 bridgehead atoms. The van der Waals surface area contributed by atoms with Crippen LogP contribution in [0.3, 0.4) is 0 Å². The summed E-state index contributed by atoms with van der Waals surface area (Å²) in [6.45, 7) is 7.46. The molecule has 0 saturated heterocycles. The van der Waals surface area contributed by atoms with Gasteiger partial charge in [-0.2, -0.15) is 0 Å². The maximum absolute atomic E-state index is 12.2. The molecule has 152 valence electrons. The average molecular weight is 391 g/mol. The summed E-state index contributed by atoms with van der Waals surface area (Å²) < 4.78 is 20.9. The number of hydrogen-bond acceptors (Lipinski definition) is 7. The number of rotatable bonds is 13. The molecule has 0 fully saturated rings. The quantitative estimate of drug-likeness (QED) is 0.218. The molecule has 0 aliphatic carbocycles. The minimum Gasteiger partial charge on any atom is -0.460 e. The fourth-order valence-corrected chi connectivity index (χ4v) is 2.46. The number of amides is 2. The van der Waals surface area contributed by atoms with E-state index in [1.165, 1.54) is 4.90 Å². The van der Waals surface area contributed by atoms with E-state index in [9.17, 15) is 14.4 Å². The normalized spacial score (nSPS) is 13.0. The average Bonchev–Trinajstić information content (AvgIpc) is 2.93. The Hall–Kier alpha value is -2.55. The van der Waals surface area contributed by atoms with E-state index in [1.807, 2.05) is 0 Å². The number of hydrogen-bond donors (Lipinski definition) is 0. The van der Waals surface area contributed by atoms with Gasteiger partial charge in [0.05, 0.1) is 57.3 Å². The van der Waals surface area contributed by atoms with Crippen molar-refractivity contribution in [2.75, 3.05) is 52.8 Å². The van der Waals surface area contributed by atoms with Crippen molar-refractivity contribution in [2.45, 2.75) is 6.92 Å². The number of fused-ring (bicyclic) bond motifs is 1. The van der Waals surface area contributed by atoms with Crippen molar-refractivity contribution < 1.29 is 33.3 Å². The molecular formula is C20H25NO7. The zero-order chi connectivity index (χ0) is 20.4. The molecular weight excluding hydrogens is 366 g/mol. The van der Waals surface area contributed by atoms with Crippen molar-refractivity contribution in [1.29, 1.82) is 0 Å². The molecule has 1 aromatic rings. The molecule has 28 heavy (non-hydrogen) atoms. The molecule has 0 saturated carbocycles. The van der Waals surface area contributed by atoms with Gasteiger partial charge in [-0.3, -0.25) is 14.5 Å². The molecule has 0 aromatic heterocycles. The summed E-state index contributed by atoms with van der Waals surface area (Å²) in [5.41, 5.74) is 1.22. The third-order valence-electron chi connectivity index (χ3n) is 3.89. The first-order valence-electron chi connectivity index (χ1n) is 9.03. The Morgan fingerprint density at radius 2 is 1.32 bits per heavy atom. The summed E-state index contributed by atoms with van der Waals surface area (Å²) in [5.74, 6) is -1.00. The van der Waals surface area contributed by atoms with Crippen molar-refractivity contribution in [2.24, 2.45) is 0 Å². The van der Waals surface area contributed by atoms with Gasteiger partial charge in [-0.15, -0.1) is 0 Å². The Labute approximate surface area is 164 Å². The van der Waals surface area contributed by atoms with Crippen LogP contribution in [-0.2, 0) is 23.7 Å². The Morgan fingerprint density at radius 1 is 0.857 bits per heavy atom. The molecule has 8 nitrogen and oxygen atoms in total. The molecule has 0 spiro atoms. The lowest BCUT2D eigenvalue weighted by Crippen LogP contribution is -2.33. The smallest absolute Gasteiger partial charge is 0.333 e. The first-order valence-corrected chi connectivity index (χ1v) is 9.03. The largest absolute Gasteiger partial charge is 0.460 e. The van der Waals surface area contributed by atoms with E-state index in [0.717, 1.165) is 0 Å². The number of nitrogens with zero attached hydrogens (tertiary/aromatic N) is 1. The summed E-state index contributed by atoms with van der Waals surface area (Å²) in [5, 5.41) is 0. The van der Waals surface area contributed by atoms with Crippen molar-refractivity contribution >= 4 is 17.8 Å². The van der Waals surface area contributed by atoms with Gasteiger partial charge in [0.15, 0.2) is 0 Å². The van der Waals surface area contributed by atoms with Crippen molar-refractivity contribution in [3.05, 3.63) is 47.5 Å². The van der Waals surface area contributed by atoms with Crippen LogP contribution in [0.4, 0.5) is 0 Å². The van der Waals surface area contributed by atoms with E-state index in [0.29, 0.717) is 49.7 Å². The zero-order valence-corrected chi connectivity index (χ0v) is 16.0. The van der Waals surface area contributed by atoms with Crippen molar-refractivity contribution in [3.8, 4) is 0 Å². The molecule has 2 rings (SSSR count). The molecule has 1 aliphatic heterocycles. The van der Waals surface area contributed by atoms with Crippen LogP contribution in [0.1, 0.15) is 27.6 Å². The highest BCUT2D eigenvalue weighted by atomic mass is 16.6. The minimum absolute atomic E-state index is 0.173. The molecule has 1 heterocycles. The van der Waals surface area contributed by atoms with Crippen LogP contribution in [-0.4, -0.2) is 75.5 Å². The highest BCUT2D eigenvalue weighted by molar-refractivity contribution is 6.21. The number of benzene rings is 1. The van der Waals surface area contributed by atoms with E-state index in [1.54, 1.807) is 31.2 Å².